The van der Waals surface area contributed by atoms with Crippen LogP contribution in [0.15, 0.2) is 31.1 Å². The Bertz CT molecular complexity index is 318. The summed E-state index contributed by atoms with van der Waals surface area (Å²) in [5, 5.41) is 3.27. The third-order valence-corrected chi connectivity index (χ3v) is 2.14. The van der Waals surface area contributed by atoms with Gasteiger partial charge in [0.25, 0.3) is 0 Å². The SMILES string of the molecule is C=CC(C)(C)CNc1ccncc1N. The molecular weight excluding hydrogens is 174 g/mol. The lowest BCUT2D eigenvalue weighted by Crippen LogP contribution is -2.20. The van der Waals surface area contributed by atoms with Gasteiger partial charge in [0, 0.05) is 12.7 Å². The topological polar surface area (TPSA) is 50.9 Å². The second-order valence-electron chi connectivity index (χ2n) is 4.01. The van der Waals surface area contributed by atoms with E-state index in [9.17, 15) is 0 Å². The summed E-state index contributed by atoms with van der Waals surface area (Å²) < 4.78 is 0. The molecule has 1 rings (SSSR count). The summed E-state index contributed by atoms with van der Waals surface area (Å²) in [5.74, 6) is 0. The number of nitrogens with zero attached hydrogens (tertiary/aromatic N) is 1. The Labute approximate surface area is 85.0 Å². The Morgan fingerprint density at radius 2 is 2.36 bits per heavy atom. The molecule has 0 saturated heterocycles. The molecule has 0 amide bonds. The molecule has 3 nitrogen and oxygen atoms in total. The molecule has 3 heteroatoms. The first-order valence-corrected chi connectivity index (χ1v) is 4.62. The molecule has 14 heavy (non-hydrogen) atoms. The van der Waals surface area contributed by atoms with Gasteiger partial charge in [-0.05, 0) is 11.5 Å². The third-order valence-electron chi connectivity index (χ3n) is 2.14. The Morgan fingerprint density at radius 1 is 1.64 bits per heavy atom. The van der Waals surface area contributed by atoms with E-state index in [0.717, 1.165) is 12.2 Å². The zero-order chi connectivity index (χ0) is 10.6. The molecule has 1 heterocycles. The molecule has 1 aromatic rings. The number of anilines is 2. The zero-order valence-electron chi connectivity index (χ0n) is 8.75. The maximum Gasteiger partial charge on any atom is 0.0736 e. The van der Waals surface area contributed by atoms with E-state index in [4.69, 9.17) is 5.73 Å². The molecule has 0 spiro atoms. The van der Waals surface area contributed by atoms with E-state index in [0.29, 0.717) is 5.69 Å². The minimum absolute atomic E-state index is 0.0652. The molecule has 0 aliphatic carbocycles. The van der Waals surface area contributed by atoms with Gasteiger partial charge < -0.3 is 11.1 Å². The molecule has 0 fully saturated rings. The average Bonchev–Trinajstić information content (AvgIpc) is 2.17. The van der Waals surface area contributed by atoms with Gasteiger partial charge in [0.1, 0.15) is 0 Å². The normalized spacial score (nSPS) is 11.0. The number of pyridine rings is 1. The number of hydrogen-bond donors (Lipinski definition) is 2. The average molecular weight is 191 g/mol. The summed E-state index contributed by atoms with van der Waals surface area (Å²) in [6.45, 7) is 8.82. The molecule has 0 atom stereocenters. The molecule has 0 aliphatic heterocycles. The predicted molar refractivity (Wildman–Crippen MR) is 61.1 cm³/mol. The third kappa shape index (κ3) is 2.76. The van der Waals surface area contributed by atoms with Gasteiger partial charge in [0.15, 0.2) is 0 Å². The van der Waals surface area contributed by atoms with Gasteiger partial charge in [-0.25, -0.2) is 0 Å². The number of nitrogens with two attached hydrogens (primary N) is 1. The highest BCUT2D eigenvalue weighted by atomic mass is 14.9. The van der Waals surface area contributed by atoms with Gasteiger partial charge in [0.2, 0.25) is 0 Å². The molecule has 3 N–H and O–H groups in total. The molecule has 0 bridgehead atoms. The van der Waals surface area contributed by atoms with Crippen LogP contribution in [0, 0.1) is 5.41 Å². The maximum atomic E-state index is 5.74. The molecule has 76 valence electrons. The Kier molecular flexibility index (Phi) is 3.12. The van der Waals surface area contributed by atoms with Crippen LogP contribution in [0.5, 0.6) is 0 Å². The minimum Gasteiger partial charge on any atom is -0.396 e. The van der Waals surface area contributed by atoms with Crippen molar-refractivity contribution in [1.82, 2.24) is 4.98 Å². The van der Waals surface area contributed by atoms with E-state index < -0.39 is 0 Å². The van der Waals surface area contributed by atoms with Gasteiger partial charge in [0.05, 0.1) is 17.6 Å². The van der Waals surface area contributed by atoms with Crippen LogP contribution in [0.3, 0.4) is 0 Å². The maximum absolute atomic E-state index is 5.74. The Hall–Kier alpha value is -1.51. The molecule has 0 aromatic carbocycles. The van der Waals surface area contributed by atoms with Gasteiger partial charge in [-0.15, -0.1) is 6.58 Å². The first-order valence-electron chi connectivity index (χ1n) is 4.62. The molecule has 0 radical (unpaired) electrons. The van der Waals surface area contributed by atoms with Gasteiger partial charge in [-0.2, -0.15) is 0 Å². The number of aromatic nitrogens is 1. The van der Waals surface area contributed by atoms with Crippen LogP contribution in [-0.4, -0.2) is 11.5 Å². The lowest BCUT2D eigenvalue weighted by atomic mass is 9.94. The van der Waals surface area contributed by atoms with Crippen LogP contribution in [0.4, 0.5) is 11.4 Å². The molecule has 0 saturated carbocycles. The van der Waals surface area contributed by atoms with E-state index in [1.54, 1.807) is 12.4 Å². The highest BCUT2D eigenvalue weighted by Crippen LogP contribution is 2.20. The van der Waals surface area contributed by atoms with Crippen LogP contribution in [0.25, 0.3) is 0 Å². The Balaban J connectivity index is 2.62. The fourth-order valence-corrected chi connectivity index (χ4v) is 0.963. The van der Waals surface area contributed by atoms with Gasteiger partial charge in [-0.3, -0.25) is 4.98 Å². The first kappa shape index (κ1) is 10.6. The monoisotopic (exact) mass is 191 g/mol. The lowest BCUT2D eigenvalue weighted by molar-refractivity contribution is 0.514. The largest absolute Gasteiger partial charge is 0.396 e. The number of rotatable bonds is 4. The summed E-state index contributed by atoms with van der Waals surface area (Å²) in [7, 11) is 0. The van der Waals surface area contributed by atoms with Crippen LogP contribution in [0.1, 0.15) is 13.8 Å². The fourth-order valence-electron chi connectivity index (χ4n) is 0.963. The number of nitrogens with one attached hydrogen (secondary N) is 1. The number of nitrogen functional groups attached to an aromatic ring is 1. The lowest BCUT2D eigenvalue weighted by Gasteiger charge is -2.21. The smallest absolute Gasteiger partial charge is 0.0736 e. The quantitative estimate of drug-likeness (QED) is 0.718. The summed E-state index contributed by atoms with van der Waals surface area (Å²) in [6.07, 6.45) is 5.29. The fraction of sp³-hybridized carbons (Fsp3) is 0.364. The summed E-state index contributed by atoms with van der Waals surface area (Å²) in [4.78, 5) is 3.92. The molecular formula is C11H17N3. The Morgan fingerprint density at radius 3 is 2.93 bits per heavy atom. The highest BCUT2D eigenvalue weighted by Gasteiger charge is 2.12. The molecule has 1 aromatic heterocycles. The van der Waals surface area contributed by atoms with E-state index >= 15 is 0 Å². The van der Waals surface area contributed by atoms with Crippen molar-refractivity contribution in [2.75, 3.05) is 17.6 Å². The zero-order valence-corrected chi connectivity index (χ0v) is 8.75. The van der Waals surface area contributed by atoms with Crippen molar-refractivity contribution in [3.8, 4) is 0 Å². The van der Waals surface area contributed by atoms with Crippen LogP contribution in [0.2, 0.25) is 0 Å². The minimum atomic E-state index is 0.0652. The standard InChI is InChI=1S/C11H17N3/c1-4-11(2,3)8-14-10-5-6-13-7-9(10)12/h4-7H,1,8,12H2,2-3H3,(H,13,14). The number of hydrogen-bond acceptors (Lipinski definition) is 3. The van der Waals surface area contributed by atoms with Crippen LogP contribution in [-0.2, 0) is 0 Å². The summed E-state index contributed by atoms with van der Waals surface area (Å²) >= 11 is 0. The van der Waals surface area contributed by atoms with Crippen molar-refractivity contribution in [2.45, 2.75) is 13.8 Å². The summed E-state index contributed by atoms with van der Waals surface area (Å²) in [6, 6.07) is 1.87. The van der Waals surface area contributed by atoms with E-state index in [1.807, 2.05) is 12.1 Å². The van der Waals surface area contributed by atoms with Gasteiger partial charge in [-0.1, -0.05) is 19.9 Å². The van der Waals surface area contributed by atoms with Crippen molar-refractivity contribution >= 4 is 11.4 Å². The van der Waals surface area contributed by atoms with Crippen LogP contribution < -0.4 is 11.1 Å². The first-order chi connectivity index (χ1) is 6.55. The van der Waals surface area contributed by atoms with E-state index in [1.165, 1.54) is 0 Å². The van der Waals surface area contributed by atoms with E-state index in [-0.39, 0.29) is 5.41 Å². The van der Waals surface area contributed by atoms with Crippen molar-refractivity contribution in [3.05, 3.63) is 31.1 Å². The van der Waals surface area contributed by atoms with Crippen LogP contribution >= 0.6 is 0 Å². The van der Waals surface area contributed by atoms with E-state index in [2.05, 4.69) is 30.7 Å². The molecule has 0 unspecified atom stereocenters. The predicted octanol–water partition coefficient (Wildman–Crippen LogP) is 2.29. The van der Waals surface area contributed by atoms with Crippen molar-refractivity contribution in [2.24, 2.45) is 5.41 Å². The van der Waals surface area contributed by atoms with Crippen molar-refractivity contribution in [3.63, 3.8) is 0 Å². The summed E-state index contributed by atoms with van der Waals surface area (Å²) in [5.41, 5.74) is 7.41. The van der Waals surface area contributed by atoms with Crippen molar-refractivity contribution in [1.29, 1.82) is 0 Å². The molecule has 0 aliphatic rings. The second-order valence-corrected chi connectivity index (χ2v) is 4.01. The van der Waals surface area contributed by atoms with Crippen molar-refractivity contribution < 1.29 is 0 Å². The second kappa shape index (κ2) is 4.13. The highest BCUT2D eigenvalue weighted by molar-refractivity contribution is 5.64. The van der Waals surface area contributed by atoms with Gasteiger partial charge >= 0.3 is 0 Å².